The third-order valence-electron chi connectivity index (χ3n) is 4.03. The number of nitrogens with zero attached hydrogens (tertiary/aromatic N) is 1. The van der Waals surface area contributed by atoms with Gasteiger partial charge in [-0.05, 0) is 29.2 Å². The molecule has 5 nitrogen and oxygen atoms in total. The molecule has 1 heterocycles. The largest absolute Gasteiger partial charge is 0.361 e. The summed E-state index contributed by atoms with van der Waals surface area (Å²) in [6.45, 7) is 6.25. The van der Waals surface area contributed by atoms with E-state index in [1.807, 2.05) is 36.4 Å². The Morgan fingerprint density at radius 1 is 1.04 bits per heavy atom. The number of hydrazone groups is 1. The Bertz CT molecular complexity index is 1010. The van der Waals surface area contributed by atoms with E-state index < -0.39 is 10.0 Å². The van der Waals surface area contributed by atoms with E-state index in [0.717, 1.165) is 22.0 Å². The molecular weight excluding hydrogens is 334 g/mol. The van der Waals surface area contributed by atoms with Gasteiger partial charge in [-0.3, -0.25) is 0 Å². The van der Waals surface area contributed by atoms with Gasteiger partial charge in [0.15, 0.2) is 0 Å². The second-order valence-corrected chi connectivity index (χ2v) is 8.58. The van der Waals surface area contributed by atoms with Crippen molar-refractivity contribution in [3.05, 3.63) is 65.9 Å². The van der Waals surface area contributed by atoms with Crippen LogP contribution in [-0.4, -0.2) is 19.6 Å². The summed E-state index contributed by atoms with van der Waals surface area (Å²) in [6.07, 6.45) is 3.29. The van der Waals surface area contributed by atoms with E-state index >= 15 is 0 Å². The highest BCUT2D eigenvalue weighted by Crippen LogP contribution is 2.23. The fourth-order valence-corrected chi connectivity index (χ4v) is 3.34. The summed E-state index contributed by atoms with van der Waals surface area (Å²) in [6, 6.07) is 14.6. The molecule has 0 fully saturated rings. The molecule has 2 aromatic carbocycles. The predicted octanol–water partition coefficient (Wildman–Crippen LogP) is 3.78. The first-order chi connectivity index (χ1) is 11.8. The van der Waals surface area contributed by atoms with Crippen LogP contribution < -0.4 is 4.83 Å². The van der Waals surface area contributed by atoms with E-state index in [9.17, 15) is 8.42 Å². The Balaban J connectivity index is 1.77. The lowest BCUT2D eigenvalue weighted by molar-refractivity contribution is 0.580. The van der Waals surface area contributed by atoms with Crippen molar-refractivity contribution < 1.29 is 8.42 Å². The molecule has 3 rings (SSSR count). The van der Waals surface area contributed by atoms with Crippen LogP contribution in [-0.2, 0) is 15.4 Å². The second kappa shape index (κ2) is 6.37. The fraction of sp³-hybridized carbons (Fsp3) is 0.211. The van der Waals surface area contributed by atoms with Crippen molar-refractivity contribution in [1.82, 2.24) is 9.82 Å². The van der Waals surface area contributed by atoms with Crippen molar-refractivity contribution in [1.29, 1.82) is 0 Å². The van der Waals surface area contributed by atoms with Crippen LogP contribution in [0.25, 0.3) is 10.9 Å². The van der Waals surface area contributed by atoms with Gasteiger partial charge in [0.1, 0.15) is 0 Å². The standard InChI is InChI=1S/C19H21N3O2S/c1-19(2,3)15-8-10-16(11-9-15)25(23,24)22-21-13-14-12-20-18-7-5-4-6-17(14)18/h4-13,20,22H,1-3H3. The zero-order valence-corrected chi connectivity index (χ0v) is 15.3. The number of hydrogen-bond acceptors (Lipinski definition) is 3. The second-order valence-electron chi connectivity index (χ2n) is 6.92. The maximum Gasteiger partial charge on any atom is 0.276 e. The van der Waals surface area contributed by atoms with E-state index in [1.165, 1.54) is 6.21 Å². The molecule has 6 heteroatoms. The van der Waals surface area contributed by atoms with Crippen molar-refractivity contribution >= 4 is 27.1 Å². The number of hydrogen-bond donors (Lipinski definition) is 2. The minimum atomic E-state index is -3.69. The normalized spacial score (nSPS) is 12.8. The van der Waals surface area contributed by atoms with Gasteiger partial charge in [0.2, 0.25) is 0 Å². The van der Waals surface area contributed by atoms with Crippen LogP contribution in [0.4, 0.5) is 0 Å². The molecule has 2 N–H and O–H groups in total. The Labute approximate surface area is 147 Å². The van der Waals surface area contributed by atoms with Crippen LogP contribution in [0.2, 0.25) is 0 Å². The summed E-state index contributed by atoms with van der Waals surface area (Å²) >= 11 is 0. The summed E-state index contributed by atoms with van der Waals surface area (Å²) in [5.41, 5.74) is 2.85. The van der Waals surface area contributed by atoms with Crippen LogP contribution in [0, 0.1) is 0 Å². The highest BCUT2D eigenvalue weighted by atomic mass is 32.2. The SMILES string of the molecule is CC(C)(C)c1ccc(S(=O)(=O)NN=Cc2c[nH]c3ccccc23)cc1. The topological polar surface area (TPSA) is 74.3 Å². The highest BCUT2D eigenvalue weighted by Gasteiger charge is 2.17. The molecule has 0 atom stereocenters. The summed E-state index contributed by atoms with van der Waals surface area (Å²) in [5.74, 6) is 0. The van der Waals surface area contributed by atoms with Crippen molar-refractivity contribution in [2.24, 2.45) is 5.10 Å². The van der Waals surface area contributed by atoms with Gasteiger partial charge < -0.3 is 4.98 Å². The summed E-state index contributed by atoms with van der Waals surface area (Å²) < 4.78 is 24.7. The highest BCUT2D eigenvalue weighted by molar-refractivity contribution is 7.89. The molecule has 0 spiro atoms. The van der Waals surface area contributed by atoms with Crippen LogP contribution in [0.5, 0.6) is 0 Å². The van der Waals surface area contributed by atoms with Gasteiger partial charge in [0.05, 0.1) is 11.1 Å². The van der Waals surface area contributed by atoms with Crippen molar-refractivity contribution in [2.45, 2.75) is 31.1 Å². The monoisotopic (exact) mass is 355 g/mol. The fourth-order valence-electron chi connectivity index (χ4n) is 2.55. The van der Waals surface area contributed by atoms with E-state index in [-0.39, 0.29) is 10.3 Å². The zero-order valence-electron chi connectivity index (χ0n) is 14.4. The molecule has 130 valence electrons. The first-order valence-electron chi connectivity index (χ1n) is 7.99. The van der Waals surface area contributed by atoms with Crippen LogP contribution in [0.15, 0.2) is 64.7 Å². The summed E-state index contributed by atoms with van der Waals surface area (Å²) in [7, 11) is -3.69. The first-order valence-corrected chi connectivity index (χ1v) is 9.47. The van der Waals surface area contributed by atoms with E-state index in [2.05, 4.69) is 35.7 Å². The van der Waals surface area contributed by atoms with Crippen molar-refractivity contribution in [3.63, 3.8) is 0 Å². The molecule has 0 saturated heterocycles. The Kier molecular flexibility index (Phi) is 4.39. The number of aromatic nitrogens is 1. The Morgan fingerprint density at radius 3 is 2.40 bits per heavy atom. The third-order valence-corrected chi connectivity index (χ3v) is 5.27. The summed E-state index contributed by atoms with van der Waals surface area (Å²) in [4.78, 5) is 5.57. The number of benzene rings is 2. The Hall–Kier alpha value is -2.60. The average molecular weight is 355 g/mol. The lowest BCUT2D eigenvalue weighted by atomic mass is 9.87. The van der Waals surface area contributed by atoms with Crippen molar-refractivity contribution in [3.8, 4) is 0 Å². The molecule has 0 aliphatic carbocycles. The zero-order chi connectivity index (χ0) is 18.1. The van der Waals surface area contributed by atoms with Gasteiger partial charge >= 0.3 is 0 Å². The molecule has 3 aromatic rings. The Morgan fingerprint density at radius 2 is 1.72 bits per heavy atom. The van der Waals surface area contributed by atoms with Gasteiger partial charge in [-0.25, -0.2) is 4.83 Å². The molecule has 1 aromatic heterocycles. The van der Waals surface area contributed by atoms with Gasteiger partial charge in [-0.1, -0.05) is 51.1 Å². The third kappa shape index (κ3) is 3.74. The number of aromatic amines is 1. The molecule has 0 bridgehead atoms. The first kappa shape index (κ1) is 17.2. The van der Waals surface area contributed by atoms with Crippen LogP contribution in [0.1, 0.15) is 31.9 Å². The molecule has 0 amide bonds. The molecule has 0 aliphatic heterocycles. The predicted molar refractivity (Wildman–Crippen MR) is 101 cm³/mol. The number of sulfonamides is 1. The van der Waals surface area contributed by atoms with Crippen molar-refractivity contribution in [2.75, 3.05) is 0 Å². The van der Waals surface area contributed by atoms with E-state index in [1.54, 1.807) is 18.3 Å². The number of nitrogens with one attached hydrogen (secondary N) is 2. The molecule has 0 radical (unpaired) electrons. The van der Waals surface area contributed by atoms with Gasteiger partial charge in [-0.15, -0.1) is 0 Å². The van der Waals surface area contributed by atoms with E-state index in [0.29, 0.717) is 0 Å². The van der Waals surface area contributed by atoms with Crippen LogP contribution >= 0.6 is 0 Å². The maximum atomic E-state index is 12.4. The molecular formula is C19H21N3O2S. The summed E-state index contributed by atoms with van der Waals surface area (Å²) in [5, 5.41) is 4.89. The van der Waals surface area contributed by atoms with Gasteiger partial charge in [0.25, 0.3) is 10.0 Å². The van der Waals surface area contributed by atoms with Gasteiger partial charge in [0, 0.05) is 22.7 Å². The minimum Gasteiger partial charge on any atom is -0.361 e. The number of para-hydroxylation sites is 1. The number of rotatable bonds is 4. The molecule has 0 aliphatic rings. The van der Waals surface area contributed by atoms with Crippen LogP contribution in [0.3, 0.4) is 0 Å². The van der Waals surface area contributed by atoms with Gasteiger partial charge in [-0.2, -0.15) is 13.5 Å². The lowest BCUT2D eigenvalue weighted by Gasteiger charge is -2.19. The number of H-pyrrole nitrogens is 1. The molecule has 25 heavy (non-hydrogen) atoms. The van der Waals surface area contributed by atoms with E-state index in [4.69, 9.17) is 0 Å². The lowest BCUT2D eigenvalue weighted by Crippen LogP contribution is -2.19. The quantitative estimate of drug-likeness (QED) is 0.552. The molecule has 0 unspecified atom stereocenters. The minimum absolute atomic E-state index is 0.0246. The smallest absolute Gasteiger partial charge is 0.276 e. The number of fused-ring (bicyclic) bond motifs is 1. The molecule has 0 saturated carbocycles. The average Bonchev–Trinajstić information content (AvgIpc) is 2.97. The maximum absolute atomic E-state index is 12.4.